The first-order chi connectivity index (χ1) is 15.7. The van der Waals surface area contributed by atoms with Gasteiger partial charge in [0.05, 0.1) is 22.1 Å². The van der Waals surface area contributed by atoms with E-state index in [0.29, 0.717) is 5.56 Å². The van der Waals surface area contributed by atoms with E-state index in [4.69, 9.17) is 4.18 Å². The predicted molar refractivity (Wildman–Crippen MR) is 123 cm³/mol. The van der Waals surface area contributed by atoms with Gasteiger partial charge in [-0.15, -0.1) is 0 Å². The van der Waals surface area contributed by atoms with Crippen molar-refractivity contribution in [1.29, 1.82) is 0 Å². The highest BCUT2D eigenvalue weighted by atomic mass is 32.2. The van der Waals surface area contributed by atoms with Gasteiger partial charge in [-0.2, -0.15) is 8.42 Å². The molecule has 1 N–H and O–H groups in total. The highest BCUT2D eigenvalue weighted by molar-refractivity contribution is 7.86. The summed E-state index contributed by atoms with van der Waals surface area (Å²) in [5.74, 6) is -1.66. The Hall–Kier alpha value is -3.75. The van der Waals surface area contributed by atoms with E-state index >= 15 is 0 Å². The van der Waals surface area contributed by atoms with Gasteiger partial charge in [0, 0.05) is 16.5 Å². The molecule has 8 heteroatoms. The second-order valence-corrected chi connectivity index (χ2v) is 9.25. The molecule has 3 aromatic carbocycles. The molecule has 0 aliphatic rings. The van der Waals surface area contributed by atoms with E-state index in [9.17, 15) is 23.1 Å². The van der Waals surface area contributed by atoms with Crippen molar-refractivity contribution in [3.05, 3.63) is 95.6 Å². The van der Waals surface area contributed by atoms with Crippen molar-refractivity contribution >= 4 is 32.7 Å². The van der Waals surface area contributed by atoms with Crippen LogP contribution in [-0.2, 0) is 14.3 Å². The second kappa shape index (κ2) is 8.65. The third-order valence-electron chi connectivity index (χ3n) is 5.01. The standard InChI is InChI=1S/C25H21NO6S/c1-16(2)32-33(30,31)19-13-14-21-20(15-19)22(23(27)17-9-5-3-6-10-17)25(29)26(21)24(28)18-11-7-4-8-12-18/h3-16,29H,1-2H3. The van der Waals surface area contributed by atoms with Gasteiger partial charge in [0.1, 0.15) is 0 Å². The Morgan fingerprint density at radius 2 is 1.45 bits per heavy atom. The van der Waals surface area contributed by atoms with Crippen LogP contribution in [0.1, 0.15) is 40.1 Å². The maximum absolute atomic E-state index is 13.3. The molecule has 1 heterocycles. The molecule has 1 aromatic heterocycles. The van der Waals surface area contributed by atoms with Crippen molar-refractivity contribution in [3.8, 4) is 5.88 Å². The van der Waals surface area contributed by atoms with Gasteiger partial charge in [-0.25, -0.2) is 4.57 Å². The van der Waals surface area contributed by atoms with Crippen molar-refractivity contribution in [2.24, 2.45) is 0 Å². The topological polar surface area (TPSA) is 103 Å². The summed E-state index contributed by atoms with van der Waals surface area (Å²) in [7, 11) is -4.12. The van der Waals surface area contributed by atoms with E-state index in [1.54, 1.807) is 74.5 Å². The summed E-state index contributed by atoms with van der Waals surface area (Å²) in [5.41, 5.74) is 0.611. The fourth-order valence-corrected chi connectivity index (χ4v) is 4.71. The van der Waals surface area contributed by atoms with Gasteiger partial charge in [-0.05, 0) is 44.2 Å². The fourth-order valence-electron chi connectivity index (χ4n) is 3.59. The average Bonchev–Trinajstić information content (AvgIpc) is 3.09. The minimum Gasteiger partial charge on any atom is -0.494 e. The molecule has 33 heavy (non-hydrogen) atoms. The summed E-state index contributed by atoms with van der Waals surface area (Å²) in [4.78, 5) is 26.4. The summed E-state index contributed by atoms with van der Waals surface area (Å²) in [6.07, 6.45) is -0.589. The number of ketones is 1. The molecule has 0 fully saturated rings. The van der Waals surface area contributed by atoms with E-state index in [2.05, 4.69) is 0 Å². The van der Waals surface area contributed by atoms with Gasteiger partial charge in [-0.1, -0.05) is 48.5 Å². The van der Waals surface area contributed by atoms with E-state index in [0.717, 1.165) is 4.57 Å². The van der Waals surface area contributed by atoms with E-state index in [-0.39, 0.29) is 26.9 Å². The van der Waals surface area contributed by atoms with Crippen LogP contribution in [0, 0.1) is 0 Å². The first-order valence-electron chi connectivity index (χ1n) is 10.2. The number of hydrogen-bond acceptors (Lipinski definition) is 6. The van der Waals surface area contributed by atoms with Gasteiger partial charge in [0.25, 0.3) is 16.0 Å². The van der Waals surface area contributed by atoms with Crippen LogP contribution < -0.4 is 0 Å². The minimum atomic E-state index is -4.12. The molecule has 0 bridgehead atoms. The molecular formula is C25H21NO6S. The molecule has 0 spiro atoms. The molecule has 0 aliphatic heterocycles. The molecule has 0 radical (unpaired) electrons. The molecule has 0 amide bonds. The number of carbonyl (C=O) groups is 2. The van der Waals surface area contributed by atoms with Crippen LogP contribution >= 0.6 is 0 Å². The molecule has 4 rings (SSSR count). The summed E-state index contributed by atoms with van der Waals surface area (Å²) < 4.78 is 31.4. The molecule has 0 saturated heterocycles. The molecule has 0 atom stereocenters. The normalized spacial score (nSPS) is 11.7. The van der Waals surface area contributed by atoms with Crippen LogP contribution in [0.4, 0.5) is 0 Å². The van der Waals surface area contributed by atoms with Crippen molar-refractivity contribution in [2.75, 3.05) is 0 Å². The number of aromatic nitrogens is 1. The Morgan fingerprint density at radius 3 is 2.03 bits per heavy atom. The Morgan fingerprint density at radius 1 is 0.879 bits per heavy atom. The largest absolute Gasteiger partial charge is 0.494 e. The number of aromatic hydroxyl groups is 1. The van der Waals surface area contributed by atoms with Crippen LogP contribution in [0.3, 0.4) is 0 Å². The summed E-state index contributed by atoms with van der Waals surface area (Å²) in [6.45, 7) is 3.17. The van der Waals surface area contributed by atoms with Crippen LogP contribution in [0.15, 0.2) is 83.8 Å². The summed E-state index contributed by atoms with van der Waals surface area (Å²) in [6, 6.07) is 20.4. The van der Waals surface area contributed by atoms with Gasteiger partial charge in [-0.3, -0.25) is 13.8 Å². The smallest absolute Gasteiger partial charge is 0.297 e. The molecule has 7 nitrogen and oxygen atoms in total. The summed E-state index contributed by atoms with van der Waals surface area (Å²) >= 11 is 0. The number of rotatable bonds is 6. The predicted octanol–water partition coefficient (Wildman–Crippen LogP) is 4.38. The molecule has 168 valence electrons. The van der Waals surface area contributed by atoms with Crippen LogP contribution in [0.5, 0.6) is 5.88 Å². The zero-order valence-corrected chi connectivity index (χ0v) is 18.7. The van der Waals surface area contributed by atoms with E-state index < -0.39 is 33.8 Å². The third-order valence-corrected chi connectivity index (χ3v) is 6.48. The number of hydrogen-bond donors (Lipinski definition) is 1. The monoisotopic (exact) mass is 463 g/mol. The highest BCUT2D eigenvalue weighted by Gasteiger charge is 2.29. The summed E-state index contributed by atoms with van der Waals surface area (Å²) in [5, 5.41) is 11.2. The SMILES string of the molecule is CC(C)OS(=O)(=O)c1ccc2c(c1)c(C(=O)c1ccccc1)c(O)n2C(=O)c1ccccc1. The highest BCUT2D eigenvalue weighted by Crippen LogP contribution is 2.35. The number of carbonyl (C=O) groups excluding carboxylic acids is 2. The van der Waals surface area contributed by atoms with Crippen molar-refractivity contribution in [1.82, 2.24) is 4.57 Å². The van der Waals surface area contributed by atoms with Crippen LogP contribution in [0.25, 0.3) is 10.9 Å². The number of nitrogens with zero attached hydrogens (tertiary/aromatic N) is 1. The van der Waals surface area contributed by atoms with Crippen LogP contribution in [0.2, 0.25) is 0 Å². The maximum Gasteiger partial charge on any atom is 0.297 e. The quantitative estimate of drug-likeness (QED) is 0.336. The Labute approximate surface area is 191 Å². The lowest BCUT2D eigenvalue weighted by atomic mass is 10.0. The third kappa shape index (κ3) is 4.18. The maximum atomic E-state index is 13.3. The lowest BCUT2D eigenvalue weighted by Crippen LogP contribution is -2.13. The number of benzene rings is 3. The van der Waals surface area contributed by atoms with E-state index in [1.807, 2.05) is 0 Å². The second-order valence-electron chi connectivity index (χ2n) is 7.68. The van der Waals surface area contributed by atoms with Gasteiger partial charge in [0.2, 0.25) is 5.88 Å². The average molecular weight is 464 g/mol. The minimum absolute atomic E-state index is 0.124. The van der Waals surface area contributed by atoms with Crippen molar-refractivity contribution in [3.63, 3.8) is 0 Å². The zero-order chi connectivity index (χ0) is 23.8. The van der Waals surface area contributed by atoms with Crippen molar-refractivity contribution in [2.45, 2.75) is 24.8 Å². The molecular weight excluding hydrogens is 442 g/mol. The molecule has 0 aliphatic carbocycles. The Bertz CT molecular complexity index is 1460. The Balaban J connectivity index is 1.99. The molecule has 0 saturated carbocycles. The van der Waals surface area contributed by atoms with Gasteiger partial charge >= 0.3 is 0 Å². The van der Waals surface area contributed by atoms with Crippen molar-refractivity contribution < 1.29 is 27.3 Å². The first-order valence-corrected chi connectivity index (χ1v) is 11.6. The van der Waals surface area contributed by atoms with Gasteiger partial charge in [0.15, 0.2) is 5.78 Å². The fraction of sp³-hybridized carbons (Fsp3) is 0.120. The molecule has 0 unspecified atom stereocenters. The van der Waals surface area contributed by atoms with Crippen LogP contribution in [-0.4, -0.2) is 35.9 Å². The first kappa shape index (κ1) is 22.4. The zero-order valence-electron chi connectivity index (χ0n) is 17.9. The lowest BCUT2D eigenvalue weighted by Gasteiger charge is -2.09. The number of fused-ring (bicyclic) bond motifs is 1. The van der Waals surface area contributed by atoms with E-state index in [1.165, 1.54) is 18.2 Å². The lowest BCUT2D eigenvalue weighted by molar-refractivity contribution is 0.0956. The Kier molecular flexibility index (Phi) is 5.88. The molecule has 4 aromatic rings. The van der Waals surface area contributed by atoms with Gasteiger partial charge < -0.3 is 5.11 Å².